The topological polar surface area (TPSA) is 50.7 Å². The highest BCUT2D eigenvalue weighted by Crippen LogP contribution is 2.29. The van der Waals surface area contributed by atoms with Crippen LogP contribution in [0.3, 0.4) is 0 Å². The highest BCUT2D eigenvalue weighted by molar-refractivity contribution is 8.18. The van der Waals surface area contributed by atoms with Crippen molar-refractivity contribution >= 4 is 34.6 Å². The van der Waals surface area contributed by atoms with Crippen LogP contribution in [0.15, 0.2) is 82.7 Å². The molecule has 1 heterocycles. The number of nitrogens with zero attached hydrogens (tertiary/aromatic N) is 1. The number of hydrogen-bond acceptors (Lipinski definition) is 4. The Morgan fingerprint density at radius 3 is 2.37 bits per heavy atom. The molecule has 0 aromatic heterocycles. The molecule has 1 amide bonds. The van der Waals surface area contributed by atoms with Crippen LogP contribution in [-0.4, -0.2) is 11.1 Å². The monoisotopic (exact) mass is 414 g/mol. The zero-order chi connectivity index (χ0) is 20.9. The Labute approximate surface area is 180 Å². The standard InChI is InChI=1S/C25H22N2O2S/c1-17-12-18(2)14-21(13-17)26-25-27-24(28)23(30-25)15-19-8-10-22(11-9-19)29-16-20-6-4-3-5-7-20/h3-15H,16H2,1-2H3,(H,26,27,28). The summed E-state index contributed by atoms with van der Waals surface area (Å²) in [6.07, 6.45) is 1.87. The van der Waals surface area contributed by atoms with Crippen LogP contribution in [0.1, 0.15) is 22.3 Å². The maximum absolute atomic E-state index is 12.3. The molecule has 3 aromatic rings. The Bertz CT molecular complexity index is 1100. The highest BCUT2D eigenvalue weighted by atomic mass is 32.2. The molecule has 1 aliphatic heterocycles. The SMILES string of the molecule is Cc1cc(C)cc(N=C2NC(=O)C(=Cc3ccc(OCc4ccccc4)cc3)S2)c1. The van der Waals surface area contributed by atoms with Crippen molar-refractivity contribution in [2.75, 3.05) is 0 Å². The lowest BCUT2D eigenvalue weighted by molar-refractivity contribution is -0.115. The molecule has 4 rings (SSSR count). The Balaban J connectivity index is 1.43. The lowest BCUT2D eigenvalue weighted by Crippen LogP contribution is -2.19. The number of carbonyl (C=O) groups is 1. The molecule has 150 valence electrons. The summed E-state index contributed by atoms with van der Waals surface area (Å²) < 4.78 is 5.82. The third-order valence-corrected chi connectivity index (χ3v) is 5.42. The van der Waals surface area contributed by atoms with Gasteiger partial charge in [0.15, 0.2) is 5.17 Å². The van der Waals surface area contributed by atoms with Crippen LogP contribution in [0.5, 0.6) is 5.75 Å². The molecule has 1 saturated heterocycles. The fourth-order valence-corrected chi connectivity index (χ4v) is 4.01. The molecule has 3 aromatic carbocycles. The maximum atomic E-state index is 12.3. The molecule has 0 saturated carbocycles. The van der Waals surface area contributed by atoms with Crippen LogP contribution in [-0.2, 0) is 11.4 Å². The highest BCUT2D eigenvalue weighted by Gasteiger charge is 2.23. The second-order valence-corrected chi connectivity index (χ2v) is 8.20. The molecule has 5 heteroatoms. The van der Waals surface area contributed by atoms with Crippen LogP contribution < -0.4 is 10.1 Å². The van der Waals surface area contributed by atoms with E-state index in [1.807, 2.05) is 86.7 Å². The average Bonchev–Trinajstić information content (AvgIpc) is 3.06. The van der Waals surface area contributed by atoms with Gasteiger partial charge in [0.2, 0.25) is 0 Å². The number of rotatable bonds is 5. The van der Waals surface area contributed by atoms with Crippen molar-refractivity contribution in [1.29, 1.82) is 0 Å². The van der Waals surface area contributed by atoms with E-state index in [4.69, 9.17) is 4.74 Å². The number of hydrogen-bond donors (Lipinski definition) is 1. The summed E-state index contributed by atoms with van der Waals surface area (Å²) >= 11 is 1.35. The number of benzene rings is 3. The van der Waals surface area contributed by atoms with E-state index in [9.17, 15) is 4.79 Å². The third kappa shape index (κ3) is 5.19. The fraction of sp³-hybridized carbons (Fsp3) is 0.120. The van der Waals surface area contributed by atoms with Gasteiger partial charge in [-0.25, -0.2) is 4.99 Å². The van der Waals surface area contributed by atoms with E-state index >= 15 is 0 Å². The van der Waals surface area contributed by atoms with Crippen molar-refractivity contribution in [2.24, 2.45) is 4.99 Å². The molecular weight excluding hydrogens is 392 g/mol. The first-order valence-electron chi connectivity index (χ1n) is 9.70. The van der Waals surface area contributed by atoms with Crippen molar-refractivity contribution < 1.29 is 9.53 Å². The van der Waals surface area contributed by atoms with E-state index < -0.39 is 0 Å². The van der Waals surface area contributed by atoms with E-state index in [1.165, 1.54) is 11.8 Å². The Morgan fingerprint density at radius 1 is 0.967 bits per heavy atom. The summed E-state index contributed by atoms with van der Waals surface area (Å²) in [7, 11) is 0. The lowest BCUT2D eigenvalue weighted by atomic mass is 10.1. The number of amidine groups is 1. The number of thioether (sulfide) groups is 1. The molecule has 1 N–H and O–H groups in total. The van der Waals surface area contributed by atoms with E-state index in [2.05, 4.69) is 16.4 Å². The predicted octanol–water partition coefficient (Wildman–Crippen LogP) is 5.77. The quantitative estimate of drug-likeness (QED) is 0.539. The van der Waals surface area contributed by atoms with Crippen LogP contribution in [0.2, 0.25) is 0 Å². The summed E-state index contributed by atoms with van der Waals surface area (Å²) in [6.45, 7) is 4.60. The van der Waals surface area contributed by atoms with Crippen molar-refractivity contribution in [2.45, 2.75) is 20.5 Å². The van der Waals surface area contributed by atoms with Crippen molar-refractivity contribution in [1.82, 2.24) is 5.32 Å². The van der Waals surface area contributed by atoms with Crippen LogP contribution in [0.4, 0.5) is 5.69 Å². The first kappa shape index (κ1) is 20.0. The predicted molar refractivity (Wildman–Crippen MR) is 124 cm³/mol. The third-order valence-electron chi connectivity index (χ3n) is 4.51. The molecule has 4 nitrogen and oxygen atoms in total. The minimum Gasteiger partial charge on any atom is -0.489 e. The van der Waals surface area contributed by atoms with E-state index in [0.717, 1.165) is 33.7 Å². The van der Waals surface area contributed by atoms with Gasteiger partial charge in [-0.1, -0.05) is 48.5 Å². The first-order valence-corrected chi connectivity index (χ1v) is 10.5. The summed E-state index contributed by atoms with van der Waals surface area (Å²) in [4.78, 5) is 17.5. The van der Waals surface area contributed by atoms with Gasteiger partial charge in [-0.05, 0) is 78.2 Å². The van der Waals surface area contributed by atoms with E-state index in [1.54, 1.807) is 0 Å². The molecule has 0 aliphatic carbocycles. The van der Waals surface area contributed by atoms with Gasteiger partial charge in [0.05, 0.1) is 10.6 Å². The molecule has 0 unspecified atom stereocenters. The average molecular weight is 415 g/mol. The second kappa shape index (κ2) is 9.01. The van der Waals surface area contributed by atoms with Crippen molar-refractivity contribution in [3.63, 3.8) is 0 Å². The molecule has 30 heavy (non-hydrogen) atoms. The Hall–Kier alpha value is -3.31. The molecule has 0 bridgehead atoms. The number of amides is 1. The molecule has 0 atom stereocenters. The minimum atomic E-state index is -0.132. The van der Waals surface area contributed by atoms with Crippen LogP contribution in [0.25, 0.3) is 6.08 Å². The summed E-state index contributed by atoms with van der Waals surface area (Å²) in [5.74, 6) is 0.661. The van der Waals surface area contributed by atoms with Gasteiger partial charge in [-0.2, -0.15) is 0 Å². The van der Waals surface area contributed by atoms with Crippen molar-refractivity contribution in [3.05, 3.63) is 100.0 Å². The molecule has 1 fully saturated rings. The van der Waals surface area contributed by atoms with Gasteiger partial charge in [-0.15, -0.1) is 0 Å². The van der Waals surface area contributed by atoms with Crippen LogP contribution >= 0.6 is 11.8 Å². The first-order chi connectivity index (χ1) is 14.5. The van der Waals surface area contributed by atoms with E-state index in [0.29, 0.717) is 16.7 Å². The second-order valence-electron chi connectivity index (χ2n) is 7.17. The van der Waals surface area contributed by atoms with Crippen molar-refractivity contribution in [3.8, 4) is 5.75 Å². The van der Waals surface area contributed by atoms with Gasteiger partial charge < -0.3 is 10.1 Å². The molecule has 0 spiro atoms. The number of aliphatic imine (C=N–C) groups is 1. The van der Waals surface area contributed by atoms with Gasteiger partial charge in [0.1, 0.15) is 12.4 Å². The van der Waals surface area contributed by atoms with Gasteiger partial charge in [0.25, 0.3) is 5.91 Å². The Morgan fingerprint density at radius 2 is 1.67 bits per heavy atom. The Kier molecular flexibility index (Phi) is 6.00. The maximum Gasteiger partial charge on any atom is 0.264 e. The smallest absolute Gasteiger partial charge is 0.264 e. The fourth-order valence-electron chi connectivity index (χ4n) is 3.17. The molecule has 0 radical (unpaired) electrons. The zero-order valence-electron chi connectivity index (χ0n) is 16.9. The summed E-state index contributed by atoms with van der Waals surface area (Å²) in [5, 5.41) is 3.44. The molecular formula is C25H22N2O2S. The number of carbonyl (C=O) groups excluding carboxylic acids is 1. The summed E-state index contributed by atoms with van der Waals surface area (Å²) in [5.41, 5.74) is 5.20. The largest absolute Gasteiger partial charge is 0.489 e. The normalized spacial score (nSPS) is 16.1. The number of ether oxygens (including phenoxy) is 1. The van der Waals surface area contributed by atoms with E-state index in [-0.39, 0.29) is 5.91 Å². The number of nitrogens with one attached hydrogen (secondary N) is 1. The minimum absolute atomic E-state index is 0.132. The van der Waals surface area contributed by atoms with Gasteiger partial charge >= 0.3 is 0 Å². The zero-order valence-corrected chi connectivity index (χ0v) is 17.7. The van der Waals surface area contributed by atoms with Crippen LogP contribution in [0, 0.1) is 13.8 Å². The summed E-state index contributed by atoms with van der Waals surface area (Å²) in [6, 6.07) is 23.9. The lowest BCUT2D eigenvalue weighted by Gasteiger charge is -2.06. The van der Waals surface area contributed by atoms with Gasteiger partial charge in [0, 0.05) is 0 Å². The molecule has 1 aliphatic rings. The van der Waals surface area contributed by atoms with Gasteiger partial charge in [-0.3, -0.25) is 4.79 Å². The number of aryl methyl sites for hydroxylation is 2.